The molecule has 22 heavy (non-hydrogen) atoms. The van der Waals surface area contributed by atoms with Gasteiger partial charge in [-0.25, -0.2) is 0 Å². The highest BCUT2D eigenvalue weighted by Gasteiger charge is 2.14. The monoisotopic (exact) mass is 302 g/mol. The maximum Gasteiger partial charge on any atom is 0.307 e. The second-order valence-electron chi connectivity index (χ2n) is 5.21. The fourth-order valence-corrected chi connectivity index (χ4v) is 2.19. The Hall–Kier alpha value is -1.95. The van der Waals surface area contributed by atoms with Gasteiger partial charge in [-0.2, -0.15) is 0 Å². The highest BCUT2D eigenvalue weighted by atomic mass is 16.5. The molecule has 0 saturated carbocycles. The Bertz CT molecular complexity index is 494. The first-order valence-electron chi connectivity index (χ1n) is 7.93. The van der Waals surface area contributed by atoms with Crippen molar-refractivity contribution in [2.75, 3.05) is 13.7 Å². The van der Waals surface area contributed by atoms with Gasteiger partial charge in [0, 0.05) is 0 Å². The lowest BCUT2D eigenvalue weighted by atomic mass is 9.96. The molecule has 0 aliphatic carbocycles. The van der Waals surface area contributed by atoms with Gasteiger partial charge in [0.15, 0.2) is 0 Å². The average molecular weight is 302 g/mol. The minimum atomic E-state index is -0.246. The third-order valence-corrected chi connectivity index (χ3v) is 3.47. The van der Waals surface area contributed by atoms with Crippen LogP contribution in [-0.2, 0) is 9.53 Å². The second-order valence-corrected chi connectivity index (χ2v) is 5.21. The SMILES string of the molecule is CC#CC(CC(=O)OC)c1ccc(OCCCCCC)cc1. The maximum absolute atomic E-state index is 11.5. The molecule has 0 amide bonds. The maximum atomic E-state index is 11.5. The molecule has 0 N–H and O–H groups in total. The van der Waals surface area contributed by atoms with Crippen LogP contribution in [0.15, 0.2) is 24.3 Å². The van der Waals surface area contributed by atoms with Crippen LogP contribution < -0.4 is 4.74 Å². The van der Waals surface area contributed by atoms with E-state index < -0.39 is 0 Å². The van der Waals surface area contributed by atoms with E-state index in [2.05, 4.69) is 18.8 Å². The van der Waals surface area contributed by atoms with E-state index in [4.69, 9.17) is 9.47 Å². The van der Waals surface area contributed by atoms with Gasteiger partial charge >= 0.3 is 5.97 Å². The molecule has 0 aliphatic rings. The molecule has 1 aromatic carbocycles. The first kappa shape index (κ1) is 18.1. The zero-order valence-corrected chi connectivity index (χ0v) is 13.9. The molecule has 0 bridgehead atoms. The van der Waals surface area contributed by atoms with Gasteiger partial charge in [0.05, 0.1) is 26.1 Å². The molecule has 3 nitrogen and oxygen atoms in total. The minimum Gasteiger partial charge on any atom is -0.494 e. The molecule has 0 aliphatic heterocycles. The average Bonchev–Trinajstić information content (AvgIpc) is 2.54. The van der Waals surface area contributed by atoms with Crippen molar-refractivity contribution < 1.29 is 14.3 Å². The van der Waals surface area contributed by atoms with E-state index in [-0.39, 0.29) is 18.3 Å². The topological polar surface area (TPSA) is 35.5 Å². The lowest BCUT2D eigenvalue weighted by Gasteiger charge is -2.11. The van der Waals surface area contributed by atoms with Gasteiger partial charge in [-0.05, 0) is 31.0 Å². The predicted molar refractivity (Wildman–Crippen MR) is 88.9 cm³/mol. The number of unbranched alkanes of at least 4 members (excludes halogenated alkanes) is 3. The van der Waals surface area contributed by atoms with E-state index in [0.29, 0.717) is 0 Å². The molecule has 0 fully saturated rings. The second kappa shape index (κ2) is 10.7. The van der Waals surface area contributed by atoms with E-state index in [0.717, 1.165) is 24.3 Å². The Morgan fingerprint density at radius 1 is 1.18 bits per heavy atom. The first-order valence-corrected chi connectivity index (χ1v) is 7.93. The number of rotatable bonds is 9. The molecule has 0 aromatic heterocycles. The molecule has 0 heterocycles. The molecule has 1 rings (SSSR count). The predicted octanol–water partition coefficient (Wildman–Crippen LogP) is 4.32. The minimum absolute atomic E-state index is 0.129. The van der Waals surface area contributed by atoms with Crippen molar-refractivity contribution in [3.63, 3.8) is 0 Å². The molecule has 120 valence electrons. The van der Waals surface area contributed by atoms with Crippen molar-refractivity contribution in [1.82, 2.24) is 0 Å². The normalized spacial score (nSPS) is 11.2. The van der Waals surface area contributed by atoms with Gasteiger partial charge in [0.1, 0.15) is 5.75 Å². The quantitative estimate of drug-likeness (QED) is 0.387. The molecule has 0 spiro atoms. The number of benzene rings is 1. The van der Waals surface area contributed by atoms with Crippen LogP contribution in [0.5, 0.6) is 5.75 Å². The Balaban J connectivity index is 2.56. The molecule has 1 aromatic rings. The summed E-state index contributed by atoms with van der Waals surface area (Å²) in [5.41, 5.74) is 1.01. The lowest BCUT2D eigenvalue weighted by Crippen LogP contribution is -2.07. The van der Waals surface area contributed by atoms with E-state index >= 15 is 0 Å². The molecular formula is C19H26O3. The van der Waals surface area contributed by atoms with Crippen LogP contribution in [0.25, 0.3) is 0 Å². The fourth-order valence-electron chi connectivity index (χ4n) is 2.19. The summed E-state index contributed by atoms with van der Waals surface area (Å²) in [7, 11) is 1.40. The van der Waals surface area contributed by atoms with E-state index in [1.54, 1.807) is 6.92 Å². The van der Waals surface area contributed by atoms with Crippen LogP contribution in [0.3, 0.4) is 0 Å². The number of ether oxygens (including phenoxy) is 2. The van der Waals surface area contributed by atoms with Crippen LogP contribution in [0.4, 0.5) is 0 Å². The summed E-state index contributed by atoms with van der Waals surface area (Å²) < 4.78 is 10.4. The summed E-state index contributed by atoms with van der Waals surface area (Å²) >= 11 is 0. The third kappa shape index (κ3) is 6.67. The summed E-state index contributed by atoms with van der Waals surface area (Å²) in [6.07, 6.45) is 5.06. The summed E-state index contributed by atoms with van der Waals surface area (Å²) in [5.74, 6) is 6.42. The summed E-state index contributed by atoms with van der Waals surface area (Å²) in [4.78, 5) is 11.5. The molecule has 0 radical (unpaired) electrons. The van der Waals surface area contributed by atoms with Crippen molar-refractivity contribution in [2.45, 2.75) is 51.9 Å². The van der Waals surface area contributed by atoms with Crippen LogP contribution >= 0.6 is 0 Å². The Labute approximate surface area is 134 Å². The Morgan fingerprint density at radius 3 is 2.50 bits per heavy atom. The standard InChI is InChI=1S/C19H26O3/c1-4-6-7-8-14-22-18-12-10-16(11-13-18)17(9-5-2)15-19(20)21-3/h10-13,17H,4,6-8,14-15H2,1-3H3. The number of methoxy groups -OCH3 is 1. The Morgan fingerprint density at radius 2 is 1.91 bits per heavy atom. The van der Waals surface area contributed by atoms with E-state index in [9.17, 15) is 4.79 Å². The number of carbonyl (C=O) groups is 1. The largest absolute Gasteiger partial charge is 0.494 e. The zero-order chi connectivity index (χ0) is 16.2. The zero-order valence-electron chi connectivity index (χ0n) is 13.9. The van der Waals surface area contributed by atoms with Crippen molar-refractivity contribution in [3.8, 4) is 17.6 Å². The number of hydrogen-bond acceptors (Lipinski definition) is 3. The van der Waals surface area contributed by atoms with Gasteiger partial charge in [-0.3, -0.25) is 4.79 Å². The van der Waals surface area contributed by atoms with Crippen molar-refractivity contribution >= 4 is 5.97 Å². The van der Waals surface area contributed by atoms with Crippen LogP contribution in [0, 0.1) is 11.8 Å². The van der Waals surface area contributed by atoms with Gasteiger partial charge in [-0.15, -0.1) is 5.92 Å². The molecule has 1 unspecified atom stereocenters. The van der Waals surface area contributed by atoms with E-state index in [1.165, 1.54) is 26.4 Å². The van der Waals surface area contributed by atoms with Gasteiger partial charge in [-0.1, -0.05) is 44.2 Å². The molecule has 3 heteroatoms. The highest BCUT2D eigenvalue weighted by Crippen LogP contribution is 2.22. The number of carbonyl (C=O) groups excluding carboxylic acids is 1. The van der Waals surface area contributed by atoms with Crippen molar-refractivity contribution in [3.05, 3.63) is 29.8 Å². The molecular weight excluding hydrogens is 276 g/mol. The smallest absolute Gasteiger partial charge is 0.307 e. The Kier molecular flexibility index (Phi) is 8.83. The van der Waals surface area contributed by atoms with Crippen molar-refractivity contribution in [1.29, 1.82) is 0 Å². The first-order chi connectivity index (χ1) is 10.7. The summed E-state index contributed by atoms with van der Waals surface area (Å²) in [5, 5.41) is 0. The summed E-state index contributed by atoms with van der Waals surface area (Å²) in [6.45, 7) is 4.72. The van der Waals surface area contributed by atoms with Gasteiger partial charge in [0.2, 0.25) is 0 Å². The van der Waals surface area contributed by atoms with Gasteiger partial charge in [0.25, 0.3) is 0 Å². The van der Waals surface area contributed by atoms with Gasteiger partial charge < -0.3 is 9.47 Å². The molecule has 0 saturated heterocycles. The van der Waals surface area contributed by atoms with E-state index in [1.807, 2.05) is 24.3 Å². The van der Waals surface area contributed by atoms with Crippen LogP contribution in [0.2, 0.25) is 0 Å². The lowest BCUT2D eigenvalue weighted by molar-refractivity contribution is -0.140. The fraction of sp³-hybridized carbons (Fsp3) is 0.526. The highest BCUT2D eigenvalue weighted by molar-refractivity contribution is 5.71. The summed E-state index contributed by atoms with van der Waals surface area (Å²) in [6, 6.07) is 7.83. The third-order valence-electron chi connectivity index (χ3n) is 3.47. The molecule has 1 atom stereocenters. The van der Waals surface area contributed by atoms with Crippen molar-refractivity contribution in [2.24, 2.45) is 0 Å². The number of esters is 1. The van der Waals surface area contributed by atoms with Crippen LogP contribution in [-0.4, -0.2) is 19.7 Å². The number of hydrogen-bond donors (Lipinski definition) is 0. The van der Waals surface area contributed by atoms with Crippen LogP contribution in [0.1, 0.15) is 57.4 Å².